The van der Waals surface area contributed by atoms with Crippen LogP contribution in [-0.4, -0.2) is 9.38 Å². The van der Waals surface area contributed by atoms with Crippen molar-refractivity contribution in [2.24, 2.45) is 10.2 Å². The van der Waals surface area contributed by atoms with Crippen molar-refractivity contribution in [2.45, 2.75) is 0 Å². The van der Waals surface area contributed by atoms with Crippen LogP contribution in [0.3, 0.4) is 0 Å². The van der Waals surface area contributed by atoms with Crippen molar-refractivity contribution in [3.8, 4) is 11.3 Å². The molecule has 4 nitrogen and oxygen atoms in total. The number of fused-ring (bicyclic) bond motifs is 1. The highest BCUT2D eigenvalue weighted by molar-refractivity contribution is 6.32. The predicted octanol–water partition coefficient (Wildman–Crippen LogP) is 6.07. The normalized spacial score (nSPS) is 11.4. The number of aromatic nitrogens is 2. The Balaban J connectivity index is 1.89. The molecule has 0 fully saturated rings. The minimum atomic E-state index is 0.566. The van der Waals surface area contributed by atoms with Crippen LogP contribution in [0.15, 0.2) is 89.2 Å². The summed E-state index contributed by atoms with van der Waals surface area (Å²) in [4.78, 5) is 4.69. The minimum Gasteiger partial charge on any atom is -0.283 e. The van der Waals surface area contributed by atoms with Crippen LogP contribution in [-0.2, 0) is 0 Å². The Hall–Kier alpha value is -2.98. The van der Waals surface area contributed by atoms with E-state index in [-0.39, 0.29) is 0 Å². The second-order valence-electron chi connectivity index (χ2n) is 5.23. The summed E-state index contributed by atoms with van der Waals surface area (Å²) in [6.07, 6.45) is 1.93. The molecule has 0 aliphatic carbocycles. The lowest BCUT2D eigenvalue weighted by atomic mass is 10.1. The number of hydrogen-bond donors (Lipinski definition) is 0. The van der Waals surface area contributed by atoms with E-state index >= 15 is 0 Å². The second kappa shape index (κ2) is 6.26. The quantitative estimate of drug-likeness (QED) is 0.420. The molecule has 0 atom stereocenters. The Morgan fingerprint density at radius 2 is 1.54 bits per heavy atom. The highest BCUT2D eigenvalue weighted by Gasteiger charge is 2.13. The molecule has 0 radical (unpaired) electrons. The Kier molecular flexibility index (Phi) is 3.81. The molecule has 0 bridgehead atoms. The summed E-state index contributed by atoms with van der Waals surface area (Å²) in [7, 11) is 0. The molecule has 0 spiro atoms. The average Bonchev–Trinajstić information content (AvgIpc) is 3.00. The molecule has 2 aromatic carbocycles. The molecule has 0 N–H and O–H groups in total. The number of hydrogen-bond acceptors (Lipinski definition) is 3. The van der Waals surface area contributed by atoms with E-state index in [1.165, 1.54) is 0 Å². The number of imidazole rings is 1. The lowest BCUT2D eigenvalue weighted by Gasteiger charge is -2.00. The Morgan fingerprint density at radius 1 is 0.792 bits per heavy atom. The summed E-state index contributed by atoms with van der Waals surface area (Å²) in [6, 6.07) is 23.2. The fourth-order valence-electron chi connectivity index (χ4n) is 2.50. The zero-order valence-electron chi connectivity index (χ0n) is 12.7. The molecule has 2 aromatic heterocycles. The van der Waals surface area contributed by atoms with Gasteiger partial charge in [-0.1, -0.05) is 60.1 Å². The van der Waals surface area contributed by atoms with E-state index in [0.717, 1.165) is 16.9 Å². The van der Waals surface area contributed by atoms with E-state index in [4.69, 9.17) is 16.6 Å². The van der Waals surface area contributed by atoms with E-state index in [9.17, 15) is 0 Å². The van der Waals surface area contributed by atoms with Gasteiger partial charge in [0.2, 0.25) is 0 Å². The molecular formula is C19H13ClN4. The Labute approximate surface area is 144 Å². The van der Waals surface area contributed by atoms with Crippen LogP contribution in [0.25, 0.3) is 16.9 Å². The summed E-state index contributed by atoms with van der Waals surface area (Å²) in [5, 5.41) is 9.33. The average molecular weight is 333 g/mol. The summed E-state index contributed by atoms with van der Waals surface area (Å²) in [6.45, 7) is 0. The lowest BCUT2D eigenvalue weighted by molar-refractivity contribution is 1.11. The van der Waals surface area contributed by atoms with E-state index < -0.39 is 0 Å². The van der Waals surface area contributed by atoms with Gasteiger partial charge in [-0.15, -0.1) is 10.2 Å². The third kappa shape index (κ3) is 2.68. The van der Waals surface area contributed by atoms with Crippen molar-refractivity contribution >= 4 is 28.8 Å². The molecular weight excluding hydrogens is 320 g/mol. The fraction of sp³-hybridized carbons (Fsp3) is 0. The van der Waals surface area contributed by atoms with Gasteiger partial charge in [0.05, 0.1) is 5.02 Å². The summed E-state index contributed by atoms with van der Waals surface area (Å²) >= 11 is 6.16. The molecule has 0 aliphatic heterocycles. The second-order valence-corrected chi connectivity index (χ2v) is 5.64. The Bertz CT molecular complexity index is 1020. The van der Waals surface area contributed by atoms with Crippen LogP contribution >= 0.6 is 11.6 Å². The summed E-state index contributed by atoms with van der Waals surface area (Å²) in [5.41, 5.74) is 3.24. The standard InChI is InChI=1S/C19H13ClN4/c20-15-10-4-5-11-16(15)22-23-19-18(14-8-2-1-3-9-14)21-17-12-6-7-13-24(17)19/h1-13H. The van der Waals surface area contributed by atoms with E-state index in [2.05, 4.69) is 10.2 Å². The molecule has 0 unspecified atom stereocenters. The van der Waals surface area contributed by atoms with Crippen LogP contribution in [0.1, 0.15) is 0 Å². The van der Waals surface area contributed by atoms with Gasteiger partial charge in [0.1, 0.15) is 17.0 Å². The number of rotatable bonds is 3. The van der Waals surface area contributed by atoms with Crippen LogP contribution in [0.4, 0.5) is 11.5 Å². The predicted molar refractivity (Wildman–Crippen MR) is 96.3 cm³/mol. The maximum atomic E-state index is 6.16. The monoisotopic (exact) mass is 332 g/mol. The van der Waals surface area contributed by atoms with E-state index in [1.807, 2.05) is 77.3 Å². The topological polar surface area (TPSA) is 42.0 Å². The van der Waals surface area contributed by atoms with E-state index in [1.54, 1.807) is 6.07 Å². The molecule has 0 saturated carbocycles. The maximum absolute atomic E-state index is 6.16. The van der Waals surface area contributed by atoms with Crippen LogP contribution in [0.5, 0.6) is 0 Å². The van der Waals surface area contributed by atoms with E-state index in [0.29, 0.717) is 16.5 Å². The molecule has 4 aromatic rings. The van der Waals surface area contributed by atoms with Crippen molar-refractivity contribution in [3.63, 3.8) is 0 Å². The van der Waals surface area contributed by atoms with Crippen molar-refractivity contribution in [2.75, 3.05) is 0 Å². The van der Waals surface area contributed by atoms with Gasteiger partial charge >= 0.3 is 0 Å². The van der Waals surface area contributed by atoms with Gasteiger partial charge in [0.15, 0.2) is 5.82 Å². The lowest BCUT2D eigenvalue weighted by Crippen LogP contribution is -1.81. The third-order valence-electron chi connectivity index (χ3n) is 3.66. The van der Waals surface area contributed by atoms with Crippen molar-refractivity contribution in [1.82, 2.24) is 9.38 Å². The zero-order chi connectivity index (χ0) is 16.4. The first-order chi connectivity index (χ1) is 11.8. The highest BCUT2D eigenvalue weighted by atomic mass is 35.5. The molecule has 24 heavy (non-hydrogen) atoms. The number of nitrogens with zero attached hydrogens (tertiary/aromatic N) is 4. The SMILES string of the molecule is Clc1ccccc1N=Nc1c(-c2ccccc2)nc2ccccn12. The van der Waals surface area contributed by atoms with Gasteiger partial charge in [-0.2, -0.15) is 0 Å². The smallest absolute Gasteiger partial charge is 0.187 e. The Morgan fingerprint density at radius 3 is 2.38 bits per heavy atom. The van der Waals surface area contributed by atoms with Gasteiger partial charge in [-0.05, 0) is 24.3 Å². The largest absolute Gasteiger partial charge is 0.283 e. The highest BCUT2D eigenvalue weighted by Crippen LogP contribution is 2.33. The molecule has 0 aliphatic rings. The first-order valence-corrected chi connectivity index (χ1v) is 7.89. The van der Waals surface area contributed by atoms with Crippen molar-refractivity contribution in [3.05, 3.63) is 84.0 Å². The first kappa shape index (κ1) is 14.6. The molecule has 5 heteroatoms. The molecule has 2 heterocycles. The molecule has 4 rings (SSSR count). The number of halogens is 1. The van der Waals surface area contributed by atoms with Crippen molar-refractivity contribution in [1.29, 1.82) is 0 Å². The molecule has 0 amide bonds. The van der Waals surface area contributed by atoms with Gasteiger partial charge in [0, 0.05) is 11.8 Å². The maximum Gasteiger partial charge on any atom is 0.187 e. The van der Waals surface area contributed by atoms with Gasteiger partial charge < -0.3 is 0 Å². The third-order valence-corrected chi connectivity index (χ3v) is 3.98. The number of azo groups is 1. The summed E-state index contributed by atoms with van der Waals surface area (Å²) in [5.74, 6) is 0.678. The summed E-state index contributed by atoms with van der Waals surface area (Å²) < 4.78 is 1.92. The van der Waals surface area contributed by atoms with Crippen molar-refractivity contribution < 1.29 is 0 Å². The molecule has 116 valence electrons. The number of pyridine rings is 1. The zero-order valence-corrected chi connectivity index (χ0v) is 13.4. The first-order valence-electron chi connectivity index (χ1n) is 7.52. The number of benzene rings is 2. The molecule has 0 saturated heterocycles. The van der Waals surface area contributed by atoms with Gasteiger partial charge in [0.25, 0.3) is 0 Å². The van der Waals surface area contributed by atoms with Crippen LogP contribution in [0.2, 0.25) is 5.02 Å². The van der Waals surface area contributed by atoms with Gasteiger partial charge in [-0.3, -0.25) is 4.40 Å². The van der Waals surface area contributed by atoms with Gasteiger partial charge in [-0.25, -0.2) is 4.98 Å². The van der Waals surface area contributed by atoms with Crippen LogP contribution < -0.4 is 0 Å². The fourth-order valence-corrected chi connectivity index (χ4v) is 2.68. The van der Waals surface area contributed by atoms with Crippen LogP contribution in [0, 0.1) is 0 Å². The minimum absolute atomic E-state index is 0.566.